The van der Waals surface area contributed by atoms with E-state index in [1.165, 1.54) is 0 Å². The number of benzene rings is 1. The minimum absolute atomic E-state index is 0.0328. The highest BCUT2D eigenvalue weighted by molar-refractivity contribution is 6.03. The second-order valence-electron chi connectivity index (χ2n) is 10.7. The minimum Gasteiger partial charge on any atom is -0.331 e. The lowest BCUT2D eigenvalue weighted by molar-refractivity contribution is -0.141. The first-order chi connectivity index (χ1) is 17.0. The molecule has 35 heavy (non-hydrogen) atoms. The van der Waals surface area contributed by atoms with Gasteiger partial charge in [0, 0.05) is 36.8 Å². The molecule has 0 bridgehead atoms. The maximum Gasteiger partial charge on any atom is 0.244 e. The average molecular weight is 476 g/mol. The van der Waals surface area contributed by atoms with Crippen LogP contribution in [-0.4, -0.2) is 45.3 Å². The topological polar surface area (TPSA) is 99.6 Å². The number of hydrogen-bond acceptors (Lipinski definition) is 5. The molecule has 2 aromatic rings. The van der Waals surface area contributed by atoms with E-state index < -0.39 is 17.9 Å². The molecular formula is C28H33N3O4. The van der Waals surface area contributed by atoms with Crippen molar-refractivity contribution in [2.45, 2.75) is 63.8 Å². The van der Waals surface area contributed by atoms with E-state index >= 15 is 0 Å². The molecule has 1 aromatic heterocycles. The van der Waals surface area contributed by atoms with Crippen LogP contribution in [-0.2, 0) is 9.59 Å². The third-order valence-electron chi connectivity index (χ3n) is 8.23. The van der Waals surface area contributed by atoms with Crippen molar-refractivity contribution < 1.29 is 19.6 Å². The first-order valence-electron chi connectivity index (χ1n) is 12.8. The summed E-state index contributed by atoms with van der Waals surface area (Å²) in [5.41, 5.74) is 4.38. The predicted molar refractivity (Wildman–Crippen MR) is 130 cm³/mol. The number of pyridine rings is 1. The van der Waals surface area contributed by atoms with E-state index in [1.54, 1.807) is 22.8 Å². The van der Waals surface area contributed by atoms with Crippen molar-refractivity contribution in [3.05, 3.63) is 54.4 Å². The van der Waals surface area contributed by atoms with E-state index in [4.69, 9.17) is 5.21 Å². The quantitative estimate of drug-likeness (QED) is 0.335. The molecule has 0 radical (unpaired) electrons. The Morgan fingerprint density at radius 3 is 2.31 bits per heavy atom. The molecule has 2 saturated carbocycles. The largest absolute Gasteiger partial charge is 0.331 e. The van der Waals surface area contributed by atoms with Crippen LogP contribution in [0.1, 0.15) is 68.1 Å². The highest BCUT2D eigenvalue weighted by Crippen LogP contribution is 2.55. The van der Waals surface area contributed by atoms with Crippen LogP contribution >= 0.6 is 0 Å². The number of amides is 2. The molecule has 2 atom stereocenters. The minimum atomic E-state index is -0.545. The molecule has 7 heteroatoms. The molecule has 5 rings (SSSR count). The summed E-state index contributed by atoms with van der Waals surface area (Å²) in [4.78, 5) is 45.3. The number of carbonyl (C=O) groups excluding carboxylic acids is 3. The standard InChI is InChI=1S/C28H33N3O4/c32-25(30-35)16-23(15-19-3-1-2-4-19)27(34)31-18-28(11-12-28)17-24(31)26(33)22-7-5-20(6-8-22)21-9-13-29-14-10-21/h5-10,13-14,19,23-24,35H,1-4,11-12,15-18H2,(H,30,32)/t23-,24+/m1/s1. The Kier molecular flexibility index (Phi) is 6.69. The average Bonchev–Trinajstić information content (AvgIpc) is 3.27. The molecule has 2 N–H and O–H groups in total. The summed E-state index contributed by atoms with van der Waals surface area (Å²) in [6.45, 7) is 0.583. The summed E-state index contributed by atoms with van der Waals surface area (Å²) >= 11 is 0. The van der Waals surface area contributed by atoms with Gasteiger partial charge in [0.05, 0.1) is 6.04 Å². The molecule has 0 unspecified atom stereocenters. The summed E-state index contributed by atoms with van der Waals surface area (Å²) < 4.78 is 0. The van der Waals surface area contributed by atoms with Crippen molar-refractivity contribution in [3.63, 3.8) is 0 Å². The van der Waals surface area contributed by atoms with E-state index in [0.717, 1.165) is 49.7 Å². The van der Waals surface area contributed by atoms with Crippen LogP contribution in [0.3, 0.4) is 0 Å². The predicted octanol–water partition coefficient (Wildman–Crippen LogP) is 4.40. The molecule has 1 aliphatic heterocycles. The zero-order valence-electron chi connectivity index (χ0n) is 20.0. The Morgan fingerprint density at radius 1 is 1.03 bits per heavy atom. The van der Waals surface area contributed by atoms with Gasteiger partial charge >= 0.3 is 0 Å². The van der Waals surface area contributed by atoms with Crippen LogP contribution in [0.2, 0.25) is 0 Å². The number of nitrogens with one attached hydrogen (secondary N) is 1. The fourth-order valence-electron chi connectivity index (χ4n) is 6.05. The molecule has 2 amide bonds. The molecule has 1 aromatic carbocycles. The number of hydroxylamine groups is 1. The van der Waals surface area contributed by atoms with E-state index in [2.05, 4.69) is 4.98 Å². The maximum absolute atomic E-state index is 13.8. The number of rotatable bonds is 8. The number of ketones is 1. The highest BCUT2D eigenvalue weighted by Gasteiger charge is 2.55. The van der Waals surface area contributed by atoms with Gasteiger partial charge < -0.3 is 4.90 Å². The first kappa shape index (κ1) is 23.7. The third-order valence-corrected chi connectivity index (χ3v) is 8.23. The van der Waals surface area contributed by atoms with Crippen molar-refractivity contribution in [3.8, 4) is 11.1 Å². The second kappa shape index (κ2) is 9.90. The normalized spacial score (nSPS) is 21.7. The van der Waals surface area contributed by atoms with Gasteiger partial charge in [0.15, 0.2) is 5.78 Å². The van der Waals surface area contributed by atoms with Gasteiger partial charge in [0.2, 0.25) is 11.8 Å². The number of carbonyl (C=O) groups is 3. The van der Waals surface area contributed by atoms with Crippen LogP contribution in [0.15, 0.2) is 48.8 Å². The van der Waals surface area contributed by atoms with E-state index in [-0.39, 0.29) is 23.5 Å². The molecule has 1 saturated heterocycles. The lowest BCUT2D eigenvalue weighted by Gasteiger charge is -2.29. The van der Waals surface area contributed by atoms with Gasteiger partial charge in [0.1, 0.15) is 0 Å². The molecular weight excluding hydrogens is 442 g/mol. The highest BCUT2D eigenvalue weighted by atomic mass is 16.5. The monoisotopic (exact) mass is 475 g/mol. The van der Waals surface area contributed by atoms with Crippen molar-refractivity contribution in [1.82, 2.24) is 15.4 Å². The zero-order valence-corrected chi connectivity index (χ0v) is 20.0. The molecule has 7 nitrogen and oxygen atoms in total. The molecule has 2 heterocycles. The van der Waals surface area contributed by atoms with Crippen LogP contribution < -0.4 is 5.48 Å². The van der Waals surface area contributed by atoms with Gasteiger partial charge in [-0.05, 0) is 60.3 Å². The van der Waals surface area contributed by atoms with Crippen molar-refractivity contribution in [1.29, 1.82) is 0 Å². The number of hydrogen-bond donors (Lipinski definition) is 2. The Bertz CT molecular complexity index is 1080. The van der Waals surface area contributed by atoms with Crippen LogP contribution in [0.25, 0.3) is 11.1 Å². The van der Waals surface area contributed by atoms with Gasteiger partial charge in [-0.15, -0.1) is 0 Å². The zero-order chi connectivity index (χ0) is 24.4. The molecule has 3 fully saturated rings. The lowest BCUT2D eigenvalue weighted by atomic mass is 9.89. The van der Waals surface area contributed by atoms with Gasteiger partial charge in [-0.25, -0.2) is 5.48 Å². The van der Waals surface area contributed by atoms with Crippen LogP contribution in [0.5, 0.6) is 0 Å². The summed E-state index contributed by atoms with van der Waals surface area (Å²) in [5.74, 6) is -0.784. The Hall–Kier alpha value is -3.06. The van der Waals surface area contributed by atoms with Crippen LogP contribution in [0, 0.1) is 17.3 Å². The van der Waals surface area contributed by atoms with Gasteiger partial charge in [0.25, 0.3) is 0 Å². The number of aromatic nitrogens is 1. The summed E-state index contributed by atoms with van der Waals surface area (Å²) in [7, 11) is 0. The number of nitrogens with zero attached hydrogens (tertiary/aromatic N) is 2. The summed E-state index contributed by atoms with van der Waals surface area (Å²) in [6, 6.07) is 10.9. The third kappa shape index (κ3) is 5.15. The van der Waals surface area contributed by atoms with Crippen molar-refractivity contribution in [2.75, 3.05) is 6.54 Å². The summed E-state index contributed by atoms with van der Waals surface area (Å²) in [5, 5.41) is 9.10. The van der Waals surface area contributed by atoms with E-state index in [0.29, 0.717) is 30.9 Å². The Balaban J connectivity index is 1.36. The smallest absolute Gasteiger partial charge is 0.244 e. The Morgan fingerprint density at radius 2 is 1.69 bits per heavy atom. The lowest BCUT2D eigenvalue weighted by Crippen LogP contribution is -2.45. The van der Waals surface area contributed by atoms with E-state index in [9.17, 15) is 14.4 Å². The fourth-order valence-corrected chi connectivity index (χ4v) is 6.05. The first-order valence-corrected chi connectivity index (χ1v) is 12.8. The van der Waals surface area contributed by atoms with Gasteiger partial charge in [-0.1, -0.05) is 49.9 Å². The second-order valence-corrected chi connectivity index (χ2v) is 10.7. The Labute approximate surface area is 205 Å². The molecule has 2 aliphatic carbocycles. The molecule has 1 spiro atoms. The van der Waals surface area contributed by atoms with Gasteiger partial charge in [-0.2, -0.15) is 0 Å². The molecule has 184 valence electrons. The maximum atomic E-state index is 13.8. The fraction of sp³-hybridized carbons (Fsp3) is 0.500. The van der Waals surface area contributed by atoms with E-state index in [1.807, 2.05) is 36.4 Å². The molecule has 3 aliphatic rings. The van der Waals surface area contributed by atoms with Crippen molar-refractivity contribution >= 4 is 17.6 Å². The number of Topliss-reactive ketones (excluding diaryl/α,β-unsaturated/α-hetero) is 1. The summed E-state index contributed by atoms with van der Waals surface area (Å²) in [6.07, 6.45) is 11.3. The van der Waals surface area contributed by atoms with Crippen LogP contribution in [0.4, 0.5) is 0 Å². The number of likely N-dealkylation sites (tertiary alicyclic amines) is 1. The van der Waals surface area contributed by atoms with Crippen molar-refractivity contribution in [2.24, 2.45) is 17.3 Å². The SMILES string of the molecule is O=C(C[C@@H](CC1CCCC1)C(=O)N1CC2(CC2)C[C@H]1C(=O)c1ccc(-c2ccncc2)cc1)NO. The van der Waals surface area contributed by atoms with Gasteiger partial charge in [-0.3, -0.25) is 24.6 Å².